The van der Waals surface area contributed by atoms with Crippen LogP contribution in [0, 0.1) is 5.82 Å². The van der Waals surface area contributed by atoms with Crippen LogP contribution in [0.15, 0.2) is 46.9 Å². The first-order valence-corrected chi connectivity index (χ1v) is 6.94. The van der Waals surface area contributed by atoms with Crippen molar-refractivity contribution in [2.75, 3.05) is 0 Å². The molecule has 2 heteroatoms. The molecule has 1 aliphatic carbocycles. The molecular weight excluding hydrogens is 291 g/mol. The molecule has 0 unspecified atom stereocenters. The molecule has 0 spiro atoms. The first-order chi connectivity index (χ1) is 8.60. The van der Waals surface area contributed by atoms with Gasteiger partial charge >= 0.3 is 0 Å². The number of hydrogen-bond donors (Lipinski definition) is 0. The van der Waals surface area contributed by atoms with E-state index in [4.69, 9.17) is 0 Å². The Labute approximate surface area is 115 Å². The molecule has 1 fully saturated rings. The molecule has 1 saturated carbocycles. The third-order valence-electron chi connectivity index (χ3n) is 3.80. The second kappa shape index (κ2) is 4.20. The summed E-state index contributed by atoms with van der Waals surface area (Å²) in [7, 11) is 0. The maximum absolute atomic E-state index is 14.0. The quantitative estimate of drug-likeness (QED) is 0.705. The first kappa shape index (κ1) is 11.9. The van der Waals surface area contributed by atoms with E-state index in [0.29, 0.717) is 5.56 Å². The van der Waals surface area contributed by atoms with Gasteiger partial charge in [-0.2, -0.15) is 0 Å². The zero-order valence-electron chi connectivity index (χ0n) is 10.2. The number of hydrogen-bond acceptors (Lipinski definition) is 0. The summed E-state index contributed by atoms with van der Waals surface area (Å²) in [5, 5.41) is 0. The van der Waals surface area contributed by atoms with E-state index < -0.39 is 0 Å². The molecule has 2 aromatic rings. The summed E-state index contributed by atoms with van der Waals surface area (Å²) >= 11 is 3.42. The summed E-state index contributed by atoms with van der Waals surface area (Å²) in [4.78, 5) is 0. The van der Waals surface area contributed by atoms with E-state index >= 15 is 0 Å². The molecule has 0 atom stereocenters. The van der Waals surface area contributed by atoms with Crippen LogP contribution in [0.2, 0.25) is 0 Å². The Bertz CT molecular complexity index is 600. The van der Waals surface area contributed by atoms with Crippen LogP contribution in [-0.2, 0) is 5.41 Å². The highest BCUT2D eigenvalue weighted by Gasteiger charge is 2.40. The highest BCUT2D eigenvalue weighted by Crippen LogP contribution is 2.50. The fourth-order valence-corrected chi connectivity index (χ4v) is 2.77. The van der Waals surface area contributed by atoms with E-state index in [2.05, 4.69) is 28.9 Å². The Balaban J connectivity index is 2.20. The third-order valence-corrected chi connectivity index (χ3v) is 4.29. The van der Waals surface area contributed by atoms with E-state index in [-0.39, 0.29) is 11.2 Å². The summed E-state index contributed by atoms with van der Waals surface area (Å²) in [6, 6.07) is 13.3. The van der Waals surface area contributed by atoms with Gasteiger partial charge in [0, 0.05) is 10.0 Å². The molecule has 0 heterocycles. The fourth-order valence-electron chi connectivity index (χ4n) is 2.41. The predicted molar refractivity (Wildman–Crippen MR) is 76.1 cm³/mol. The van der Waals surface area contributed by atoms with Crippen molar-refractivity contribution in [2.24, 2.45) is 0 Å². The lowest BCUT2D eigenvalue weighted by molar-refractivity contribution is 0.630. The molecule has 2 aromatic carbocycles. The van der Waals surface area contributed by atoms with Gasteiger partial charge in [-0.3, -0.25) is 0 Å². The Kier molecular flexibility index (Phi) is 2.78. The van der Waals surface area contributed by atoms with Gasteiger partial charge in [0.15, 0.2) is 0 Å². The number of halogens is 2. The van der Waals surface area contributed by atoms with Crippen LogP contribution in [-0.4, -0.2) is 0 Å². The van der Waals surface area contributed by atoms with Gasteiger partial charge in [0.05, 0.1) is 0 Å². The lowest BCUT2D eigenvalue weighted by atomic mass is 9.89. The van der Waals surface area contributed by atoms with Crippen LogP contribution in [0.3, 0.4) is 0 Å². The van der Waals surface area contributed by atoms with Gasteiger partial charge in [-0.25, -0.2) is 4.39 Å². The molecule has 3 rings (SSSR count). The average molecular weight is 305 g/mol. The van der Waals surface area contributed by atoms with Gasteiger partial charge in [-0.1, -0.05) is 47.1 Å². The first-order valence-electron chi connectivity index (χ1n) is 6.15. The van der Waals surface area contributed by atoms with Gasteiger partial charge in [0.1, 0.15) is 5.82 Å². The van der Waals surface area contributed by atoms with Crippen molar-refractivity contribution in [3.8, 4) is 11.1 Å². The maximum Gasteiger partial charge on any atom is 0.131 e. The van der Waals surface area contributed by atoms with Gasteiger partial charge in [0.25, 0.3) is 0 Å². The molecule has 0 amide bonds. The Hall–Kier alpha value is -1.15. The van der Waals surface area contributed by atoms with Gasteiger partial charge in [-0.05, 0) is 47.6 Å². The summed E-state index contributed by atoms with van der Waals surface area (Å²) in [6.07, 6.45) is 2.39. The molecule has 18 heavy (non-hydrogen) atoms. The molecule has 0 aromatic heterocycles. The lowest BCUT2D eigenvalue weighted by Gasteiger charge is -2.16. The minimum atomic E-state index is -0.157. The SMILES string of the molecule is CC1(c2ccccc2-c2cc(Br)ccc2F)CC1. The van der Waals surface area contributed by atoms with E-state index in [0.717, 1.165) is 10.0 Å². The fraction of sp³-hybridized carbons (Fsp3) is 0.250. The Morgan fingerprint density at radius 1 is 1.06 bits per heavy atom. The highest BCUT2D eigenvalue weighted by molar-refractivity contribution is 9.10. The van der Waals surface area contributed by atoms with E-state index in [1.807, 2.05) is 24.3 Å². The number of benzene rings is 2. The van der Waals surface area contributed by atoms with Gasteiger partial charge in [-0.15, -0.1) is 0 Å². The predicted octanol–water partition coefficient (Wildman–Crippen LogP) is 5.31. The molecule has 0 saturated heterocycles. The van der Waals surface area contributed by atoms with E-state index in [1.54, 1.807) is 6.07 Å². The van der Waals surface area contributed by atoms with Gasteiger partial charge < -0.3 is 0 Å². The van der Waals surface area contributed by atoms with Crippen molar-refractivity contribution in [1.29, 1.82) is 0 Å². The molecule has 92 valence electrons. The van der Waals surface area contributed by atoms with Crippen molar-refractivity contribution in [2.45, 2.75) is 25.2 Å². The standard InChI is InChI=1S/C16H14BrF/c1-16(8-9-16)14-5-3-2-4-12(14)13-10-11(17)6-7-15(13)18/h2-7,10H,8-9H2,1H3. The second-order valence-corrected chi connectivity index (χ2v) is 6.15. The average Bonchev–Trinajstić information content (AvgIpc) is 3.12. The third kappa shape index (κ3) is 1.99. The minimum Gasteiger partial charge on any atom is -0.206 e. The van der Waals surface area contributed by atoms with Crippen molar-refractivity contribution in [1.82, 2.24) is 0 Å². The summed E-state index contributed by atoms with van der Waals surface area (Å²) in [5.74, 6) is -0.157. The molecule has 0 N–H and O–H groups in total. The molecule has 0 radical (unpaired) electrons. The molecule has 0 aliphatic heterocycles. The van der Waals surface area contributed by atoms with Crippen molar-refractivity contribution in [3.63, 3.8) is 0 Å². The van der Waals surface area contributed by atoms with Crippen LogP contribution in [0.25, 0.3) is 11.1 Å². The smallest absolute Gasteiger partial charge is 0.131 e. The van der Waals surface area contributed by atoms with Crippen molar-refractivity contribution in [3.05, 3.63) is 58.3 Å². The van der Waals surface area contributed by atoms with Crippen LogP contribution < -0.4 is 0 Å². The van der Waals surface area contributed by atoms with Crippen LogP contribution >= 0.6 is 15.9 Å². The highest BCUT2D eigenvalue weighted by atomic mass is 79.9. The Morgan fingerprint density at radius 3 is 2.50 bits per heavy atom. The van der Waals surface area contributed by atoms with E-state index in [9.17, 15) is 4.39 Å². The topological polar surface area (TPSA) is 0 Å². The lowest BCUT2D eigenvalue weighted by Crippen LogP contribution is -2.02. The molecule has 0 nitrogen and oxygen atoms in total. The normalized spacial score (nSPS) is 16.6. The van der Waals surface area contributed by atoms with Crippen LogP contribution in [0.1, 0.15) is 25.3 Å². The zero-order valence-corrected chi connectivity index (χ0v) is 11.8. The summed E-state index contributed by atoms with van der Waals surface area (Å²) < 4.78 is 14.9. The largest absolute Gasteiger partial charge is 0.206 e. The summed E-state index contributed by atoms with van der Waals surface area (Å²) in [5.41, 5.74) is 3.22. The monoisotopic (exact) mass is 304 g/mol. The zero-order chi connectivity index (χ0) is 12.8. The van der Waals surface area contributed by atoms with E-state index in [1.165, 1.54) is 24.5 Å². The van der Waals surface area contributed by atoms with Crippen molar-refractivity contribution < 1.29 is 4.39 Å². The van der Waals surface area contributed by atoms with Crippen LogP contribution in [0.4, 0.5) is 4.39 Å². The Morgan fingerprint density at radius 2 is 1.78 bits per heavy atom. The maximum atomic E-state index is 14.0. The number of rotatable bonds is 2. The minimum absolute atomic E-state index is 0.157. The molecule has 0 bridgehead atoms. The second-order valence-electron chi connectivity index (χ2n) is 5.23. The summed E-state index contributed by atoms with van der Waals surface area (Å²) in [6.45, 7) is 2.25. The molecule has 1 aliphatic rings. The van der Waals surface area contributed by atoms with Gasteiger partial charge in [0.2, 0.25) is 0 Å². The van der Waals surface area contributed by atoms with Crippen molar-refractivity contribution >= 4 is 15.9 Å². The van der Waals surface area contributed by atoms with Crippen LogP contribution in [0.5, 0.6) is 0 Å². The molecular formula is C16H14BrF.